The van der Waals surface area contributed by atoms with Gasteiger partial charge < -0.3 is 18.8 Å². The van der Waals surface area contributed by atoms with Gasteiger partial charge in [0.05, 0.1) is 26.9 Å². The SMILES string of the molecule is COc1ccc(-c2nnc3n2CCCCC3)c(OC)c1OC. The zero-order chi connectivity index (χ0) is 15.5. The molecule has 2 heterocycles. The van der Waals surface area contributed by atoms with Crippen LogP contribution in [0.5, 0.6) is 17.2 Å². The number of rotatable bonds is 4. The molecule has 3 rings (SSSR count). The van der Waals surface area contributed by atoms with E-state index in [-0.39, 0.29) is 0 Å². The van der Waals surface area contributed by atoms with Crippen molar-refractivity contribution in [3.05, 3.63) is 18.0 Å². The summed E-state index contributed by atoms with van der Waals surface area (Å²) < 4.78 is 18.6. The van der Waals surface area contributed by atoms with Crippen molar-refractivity contribution in [1.29, 1.82) is 0 Å². The number of ether oxygens (including phenoxy) is 3. The zero-order valence-corrected chi connectivity index (χ0v) is 13.3. The molecule has 0 bridgehead atoms. The minimum atomic E-state index is 0.577. The molecule has 0 unspecified atom stereocenters. The highest BCUT2D eigenvalue weighted by molar-refractivity contribution is 5.72. The van der Waals surface area contributed by atoms with Crippen LogP contribution in [0.15, 0.2) is 12.1 Å². The van der Waals surface area contributed by atoms with Gasteiger partial charge in [-0.05, 0) is 25.0 Å². The highest BCUT2D eigenvalue weighted by atomic mass is 16.5. The van der Waals surface area contributed by atoms with Gasteiger partial charge in [-0.15, -0.1) is 10.2 Å². The quantitative estimate of drug-likeness (QED) is 0.869. The van der Waals surface area contributed by atoms with Crippen LogP contribution in [0, 0.1) is 0 Å². The van der Waals surface area contributed by atoms with E-state index < -0.39 is 0 Å². The van der Waals surface area contributed by atoms with Gasteiger partial charge in [0.2, 0.25) is 5.75 Å². The average molecular weight is 303 g/mol. The molecule has 22 heavy (non-hydrogen) atoms. The molecule has 6 heteroatoms. The molecule has 0 spiro atoms. The molecule has 2 aromatic rings. The van der Waals surface area contributed by atoms with Gasteiger partial charge in [-0.25, -0.2) is 0 Å². The molecular formula is C16H21N3O3. The lowest BCUT2D eigenvalue weighted by molar-refractivity contribution is 0.325. The third-order valence-electron chi connectivity index (χ3n) is 4.05. The lowest BCUT2D eigenvalue weighted by Crippen LogP contribution is -2.04. The number of hydrogen-bond acceptors (Lipinski definition) is 5. The lowest BCUT2D eigenvalue weighted by atomic mass is 10.1. The maximum absolute atomic E-state index is 5.57. The summed E-state index contributed by atoms with van der Waals surface area (Å²) in [6, 6.07) is 3.82. The number of fused-ring (bicyclic) bond motifs is 1. The number of aryl methyl sites for hydroxylation is 1. The Morgan fingerprint density at radius 3 is 2.45 bits per heavy atom. The van der Waals surface area contributed by atoms with E-state index >= 15 is 0 Å². The van der Waals surface area contributed by atoms with Crippen molar-refractivity contribution in [2.24, 2.45) is 0 Å². The summed E-state index contributed by atoms with van der Waals surface area (Å²) in [5.74, 6) is 3.72. The number of benzene rings is 1. The lowest BCUT2D eigenvalue weighted by Gasteiger charge is -2.16. The van der Waals surface area contributed by atoms with E-state index in [9.17, 15) is 0 Å². The van der Waals surface area contributed by atoms with E-state index in [0.29, 0.717) is 17.2 Å². The smallest absolute Gasteiger partial charge is 0.204 e. The van der Waals surface area contributed by atoms with Crippen LogP contribution >= 0.6 is 0 Å². The van der Waals surface area contributed by atoms with Crippen molar-refractivity contribution in [3.63, 3.8) is 0 Å². The summed E-state index contributed by atoms with van der Waals surface area (Å²) in [6.45, 7) is 0.940. The van der Waals surface area contributed by atoms with Gasteiger partial charge in [0.15, 0.2) is 17.3 Å². The van der Waals surface area contributed by atoms with Crippen LogP contribution < -0.4 is 14.2 Å². The molecule has 0 fully saturated rings. The van der Waals surface area contributed by atoms with E-state index in [4.69, 9.17) is 14.2 Å². The summed E-state index contributed by atoms with van der Waals surface area (Å²) in [5.41, 5.74) is 0.876. The van der Waals surface area contributed by atoms with Gasteiger partial charge in [-0.1, -0.05) is 6.42 Å². The summed E-state index contributed by atoms with van der Waals surface area (Å²) in [5, 5.41) is 8.74. The number of methoxy groups -OCH3 is 3. The Balaban J connectivity index is 2.14. The Hall–Kier alpha value is -2.24. The van der Waals surface area contributed by atoms with Crippen LogP contribution in [0.1, 0.15) is 25.1 Å². The van der Waals surface area contributed by atoms with Crippen LogP contribution in [0.25, 0.3) is 11.4 Å². The standard InChI is InChI=1S/C16H21N3O3/c1-20-12-9-8-11(14(21-2)15(12)22-3)16-18-17-13-7-5-4-6-10-19(13)16/h8-9H,4-7,10H2,1-3H3. The zero-order valence-electron chi connectivity index (χ0n) is 13.3. The number of aromatic nitrogens is 3. The summed E-state index contributed by atoms with van der Waals surface area (Å²) in [6.07, 6.45) is 4.52. The Morgan fingerprint density at radius 2 is 1.73 bits per heavy atom. The number of nitrogens with zero attached hydrogens (tertiary/aromatic N) is 3. The van der Waals surface area contributed by atoms with Crippen molar-refractivity contribution in [2.75, 3.05) is 21.3 Å². The fourth-order valence-electron chi connectivity index (χ4n) is 2.96. The van der Waals surface area contributed by atoms with Gasteiger partial charge in [-0.3, -0.25) is 0 Å². The first-order valence-corrected chi connectivity index (χ1v) is 7.51. The molecule has 0 amide bonds. The first-order chi connectivity index (χ1) is 10.8. The van der Waals surface area contributed by atoms with Crippen molar-refractivity contribution >= 4 is 0 Å². The molecule has 1 aliphatic rings. The second kappa shape index (κ2) is 6.25. The van der Waals surface area contributed by atoms with Crippen molar-refractivity contribution in [3.8, 4) is 28.6 Å². The van der Waals surface area contributed by atoms with E-state index in [1.165, 1.54) is 12.8 Å². The van der Waals surface area contributed by atoms with Crippen LogP contribution in [-0.4, -0.2) is 36.1 Å². The average Bonchev–Trinajstić information content (AvgIpc) is 2.81. The Bertz CT molecular complexity index is 667. The van der Waals surface area contributed by atoms with Crippen LogP contribution in [0.2, 0.25) is 0 Å². The predicted octanol–water partition coefficient (Wildman–Crippen LogP) is 2.70. The third-order valence-corrected chi connectivity index (χ3v) is 4.05. The first-order valence-electron chi connectivity index (χ1n) is 7.51. The Kier molecular flexibility index (Phi) is 4.18. The third kappa shape index (κ3) is 2.38. The second-order valence-corrected chi connectivity index (χ2v) is 5.28. The van der Waals surface area contributed by atoms with E-state index in [2.05, 4.69) is 14.8 Å². The van der Waals surface area contributed by atoms with E-state index in [0.717, 1.165) is 36.6 Å². The maximum atomic E-state index is 5.57. The molecule has 0 aliphatic carbocycles. The van der Waals surface area contributed by atoms with Crippen molar-refractivity contribution in [2.45, 2.75) is 32.2 Å². The second-order valence-electron chi connectivity index (χ2n) is 5.28. The summed E-state index contributed by atoms with van der Waals surface area (Å²) >= 11 is 0. The highest BCUT2D eigenvalue weighted by Crippen LogP contribution is 2.44. The molecule has 6 nitrogen and oxygen atoms in total. The van der Waals surface area contributed by atoms with Crippen LogP contribution in [-0.2, 0) is 13.0 Å². The topological polar surface area (TPSA) is 58.4 Å². The summed E-state index contributed by atoms with van der Waals surface area (Å²) in [7, 11) is 4.84. The maximum Gasteiger partial charge on any atom is 0.204 e. The molecule has 0 radical (unpaired) electrons. The Labute approximate surface area is 130 Å². The van der Waals surface area contributed by atoms with Gasteiger partial charge in [0.25, 0.3) is 0 Å². The van der Waals surface area contributed by atoms with Gasteiger partial charge in [0, 0.05) is 13.0 Å². The first kappa shape index (κ1) is 14.7. The monoisotopic (exact) mass is 303 g/mol. The molecule has 0 N–H and O–H groups in total. The van der Waals surface area contributed by atoms with Crippen LogP contribution in [0.4, 0.5) is 0 Å². The van der Waals surface area contributed by atoms with E-state index in [1.54, 1.807) is 21.3 Å². The van der Waals surface area contributed by atoms with Crippen LogP contribution in [0.3, 0.4) is 0 Å². The Morgan fingerprint density at radius 1 is 0.909 bits per heavy atom. The van der Waals surface area contributed by atoms with Gasteiger partial charge in [0.1, 0.15) is 5.82 Å². The number of hydrogen-bond donors (Lipinski definition) is 0. The fourth-order valence-corrected chi connectivity index (χ4v) is 2.96. The minimum Gasteiger partial charge on any atom is -0.493 e. The van der Waals surface area contributed by atoms with Gasteiger partial charge in [-0.2, -0.15) is 0 Å². The molecule has 0 saturated carbocycles. The molecule has 1 aliphatic heterocycles. The normalized spacial score (nSPS) is 14.1. The van der Waals surface area contributed by atoms with E-state index in [1.807, 2.05) is 12.1 Å². The minimum absolute atomic E-state index is 0.577. The fraction of sp³-hybridized carbons (Fsp3) is 0.500. The molecule has 0 saturated heterocycles. The molecular weight excluding hydrogens is 282 g/mol. The molecule has 0 atom stereocenters. The van der Waals surface area contributed by atoms with Crippen molar-refractivity contribution in [1.82, 2.24) is 14.8 Å². The highest BCUT2D eigenvalue weighted by Gasteiger charge is 2.23. The van der Waals surface area contributed by atoms with Crippen molar-refractivity contribution < 1.29 is 14.2 Å². The summed E-state index contributed by atoms with van der Waals surface area (Å²) in [4.78, 5) is 0. The predicted molar refractivity (Wildman–Crippen MR) is 82.7 cm³/mol. The molecule has 118 valence electrons. The molecule has 1 aromatic heterocycles. The largest absolute Gasteiger partial charge is 0.493 e. The van der Waals surface area contributed by atoms with Gasteiger partial charge >= 0.3 is 0 Å². The molecule has 1 aromatic carbocycles.